The summed E-state index contributed by atoms with van der Waals surface area (Å²) in [5, 5.41) is 12.8. The largest absolute Gasteiger partial charge is 1.20 e. The summed E-state index contributed by atoms with van der Waals surface area (Å²) < 4.78 is 277. The number of aromatic hydroxyl groups is 1. The molecular weight excluding hydrogens is 858 g/mol. The maximum absolute atomic E-state index is 13.9. The standard InChI is InChI=1S/4C6HF5O.3C2H5.2Al/c4*7-1-2(8)4(10)6(12)5(11)3(1)9;3*1-2;;/h4*12H;3*1H2,2H3;;/q;;;;;;;;+3/p-3. The van der Waals surface area contributed by atoms with Crippen LogP contribution in [0.3, 0.4) is 0 Å². The van der Waals surface area contributed by atoms with Gasteiger partial charge in [0.05, 0.1) is 0 Å². The van der Waals surface area contributed by atoms with Crippen LogP contribution >= 0.6 is 0 Å². The van der Waals surface area contributed by atoms with E-state index in [1.54, 1.807) is 0 Å². The fourth-order valence-corrected chi connectivity index (χ4v) is 6.96. The molecule has 4 aromatic carbocycles. The van der Waals surface area contributed by atoms with Gasteiger partial charge in [-0.2, -0.15) is 35.1 Å². The van der Waals surface area contributed by atoms with E-state index < -0.39 is 154 Å². The normalized spacial score (nSPS) is 10.7. The van der Waals surface area contributed by atoms with Crippen molar-refractivity contribution in [2.45, 2.75) is 36.6 Å². The minimum absolute atomic E-state index is 0.171. The monoisotopic (exact) mass is 874 g/mol. The Labute approximate surface area is 309 Å². The maximum Gasteiger partial charge on any atom is 1.20 e. The summed E-state index contributed by atoms with van der Waals surface area (Å²) in [6.07, 6.45) is 0. The summed E-state index contributed by atoms with van der Waals surface area (Å²) in [6, 6.07) is 0. The van der Waals surface area contributed by atoms with Gasteiger partial charge in [0.1, 0.15) is 0 Å². The Hall–Kier alpha value is -4.26. The Morgan fingerprint density at radius 3 is 0.625 bits per heavy atom. The molecule has 4 aromatic rings. The van der Waals surface area contributed by atoms with Crippen LogP contribution in [0.1, 0.15) is 20.8 Å². The van der Waals surface area contributed by atoms with E-state index in [0.717, 1.165) is 0 Å². The molecule has 0 radical (unpaired) electrons. The van der Waals surface area contributed by atoms with Crippen LogP contribution in [0.25, 0.3) is 0 Å². The van der Waals surface area contributed by atoms with Crippen molar-refractivity contribution in [3.8, 4) is 23.0 Å². The van der Waals surface area contributed by atoms with Gasteiger partial charge in [0.2, 0.25) is 116 Å². The molecule has 0 bridgehead atoms. The first-order valence-electron chi connectivity index (χ1n) is 14.7. The molecule has 0 saturated heterocycles. The average Bonchev–Trinajstić information content (AvgIpc) is 3.19. The minimum atomic E-state index is -5.56. The van der Waals surface area contributed by atoms with Gasteiger partial charge in [0, 0.05) is 0 Å². The van der Waals surface area contributed by atoms with Gasteiger partial charge >= 0.3 is 15.1 Å². The predicted molar refractivity (Wildman–Crippen MR) is 151 cm³/mol. The number of phenolic OH excluding ortho intramolecular Hbond substituents is 1. The lowest BCUT2D eigenvalue weighted by Crippen LogP contribution is -2.39. The van der Waals surface area contributed by atoms with E-state index in [1.807, 2.05) is 0 Å². The van der Waals surface area contributed by atoms with Crippen LogP contribution in [-0.4, -0.2) is 34.4 Å². The van der Waals surface area contributed by atoms with E-state index in [0.29, 0.717) is 0 Å². The second-order valence-electron chi connectivity index (χ2n) is 10.3. The third-order valence-electron chi connectivity index (χ3n) is 7.07. The van der Waals surface area contributed by atoms with Gasteiger partial charge in [-0.15, -0.1) is 0 Å². The molecule has 0 saturated carbocycles. The van der Waals surface area contributed by atoms with Gasteiger partial charge in [0.25, 0.3) is 14.1 Å². The van der Waals surface area contributed by atoms with Crippen molar-refractivity contribution in [1.82, 2.24) is 0 Å². The summed E-state index contributed by atoms with van der Waals surface area (Å²) in [6.45, 7) is 6.97. The van der Waals surface area contributed by atoms with Gasteiger partial charge in [-0.1, -0.05) is 36.6 Å². The highest BCUT2D eigenvalue weighted by atomic mass is 27.3. The molecule has 56 heavy (non-hydrogen) atoms. The molecule has 306 valence electrons. The summed E-state index contributed by atoms with van der Waals surface area (Å²) in [5.41, 5.74) is 0. The van der Waals surface area contributed by atoms with E-state index in [1.165, 1.54) is 15.8 Å². The minimum Gasteiger partial charge on any atom is -0.573 e. The molecular formula is C30H16Al2F20O4. The highest BCUT2D eigenvalue weighted by Crippen LogP contribution is 2.35. The van der Waals surface area contributed by atoms with E-state index in [9.17, 15) is 87.8 Å². The van der Waals surface area contributed by atoms with Gasteiger partial charge in [-0.05, 0) is 0 Å². The summed E-state index contributed by atoms with van der Waals surface area (Å²) >= 11 is -5.73. The van der Waals surface area contributed by atoms with E-state index in [2.05, 4.69) is 32.1 Å². The predicted octanol–water partition coefficient (Wildman–Crippen LogP) is 10.9. The van der Waals surface area contributed by atoms with E-state index in [4.69, 9.17) is 5.11 Å². The fraction of sp³-hybridized carbons (Fsp3) is 0.200. The molecule has 0 amide bonds. The molecule has 26 heteroatoms. The highest BCUT2D eigenvalue weighted by molar-refractivity contribution is 6.58. The first-order chi connectivity index (χ1) is 25.9. The lowest BCUT2D eigenvalue weighted by Gasteiger charge is -2.19. The Kier molecular flexibility index (Phi) is 16.9. The van der Waals surface area contributed by atoms with Crippen molar-refractivity contribution in [2.24, 2.45) is 0 Å². The lowest BCUT2D eigenvalue weighted by molar-refractivity contribution is 0.247. The zero-order valence-electron chi connectivity index (χ0n) is 27.5. The quantitative estimate of drug-likeness (QED) is 0.0788. The zero-order valence-corrected chi connectivity index (χ0v) is 29.8. The molecule has 0 aliphatic rings. The Balaban J connectivity index is 0.000000465. The van der Waals surface area contributed by atoms with Crippen LogP contribution in [0.5, 0.6) is 23.0 Å². The highest BCUT2D eigenvalue weighted by Gasteiger charge is 2.51. The number of hydrogen-bond donors (Lipinski definition) is 1. The van der Waals surface area contributed by atoms with Gasteiger partial charge < -0.3 is 16.5 Å². The molecule has 0 atom stereocenters. The molecule has 4 nitrogen and oxygen atoms in total. The third-order valence-corrected chi connectivity index (χ3v) is 11.8. The van der Waals surface area contributed by atoms with Crippen LogP contribution in [0, 0.1) is 116 Å². The molecule has 0 aromatic heterocycles. The maximum atomic E-state index is 13.9. The van der Waals surface area contributed by atoms with Gasteiger partial charge in [-0.25, -0.2) is 52.7 Å². The Morgan fingerprint density at radius 2 is 0.464 bits per heavy atom. The zero-order chi connectivity index (χ0) is 43.3. The number of benzene rings is 4. The van der Waals surface area contributed by atoms with Crippen LogP contribution < -0.4 is 11.4 Å². The first-order valence-corrected chi connectivity index (χ1v) is 18.5. The first kappa shape index (κ1) is 47.9. The molecule has 0 heterocycles. The van der Waals surface area contributed by atoms with Gasteiger partial charge in [-0.3, -0.25) is 0 Å². The molecule has 4 rings (SSSR count). The lowest BCUT2D eigenvalue weighted by atomic mass is 10.3. The Morgan fingerprint density at radius 1 is 0.304 bits per heavy atom. The fourth-order valence-electron chi connectivity index (χ4n) is 3.88. The second-order valence-corrected chi connectivity index (χ2v) is 15.8. The number of halogens is 20. The van der Waals surface area contributed by atoms with Crippen LogP contribution in [0.15, 0.2) is 0 Å². The van der Waals surface area contributed by atoms with Crippen molar-refractivity contribution in [2.75, 3.05) is 0 Å². The van der Waals surface area contributed by atoms with Crippen molar-refractivity contribution < 1.29 is 104 Å². The van der Waals surface area contributed by atoms with E-state index >= 15 is 0 Å². The molecule has 0 aliphatic carbocycles. The van der Waals surface area contributed by atoms with Crippen molar-refractivity contribution in [1.29, 1.82) is 0 Å². The van der Waals surface area contributed by atoms with Gasteiger partial charge in [0.15, 0.2) is 23.0 Å². The van der Waals surface area contributed by atoms with Crippen molar-refractivity contribution in [3.63, 3.8) is 0 Å². The average molecular weight is 874 g/mol. The molecule has 1 N–H and O–H groups in total. The van der Waals surface area contributed by atoms with Crippen LogP contribution in [-0.2, 0) is 0 Å². The molecule has 0 spiro atoms. The third kappa shape index (κ3) is 9.81. The summed E-state index contributed by atoms with van der Waals surface area (Å²) in [7, 11) is 0. The second kappa shape index (κ2) is 19.7. The van der Waals surface area contributed by atoms with E-state index in [-0.39, 0.29) is 14.1 Å². The SMILES string of the molecule is C[CH2][Al]([CH2]C)[CH2]C.Fc1c(F)c(F)c([O][Al]([O]c2c(F)c(F)c(F)c(F)c2F)[O]c2c(F)c(F)c(F)c(F)c2F)c(F)c1F.Oc1c(F)c(F)c(F)c(F)c1F. The summed E-state index contributed by atoms with van der Waals surface area (Å²) in [4.78, 5) is 0. The van der Waals surface area contributed by atoms with Crippen molar-refractivity contribution in [3.05, 3.63) is 116 Å². The number of hydrogen-bond acceptors (Lipinski definition) is 4. The molecule has 0 fully saturated rings. The molecule has 0 aliphatic heterocycles. The Bertz CT molecular complexity index is 1730. The van der Waals surface area contributed by atoms with Crippen LogP contribution in [0.2, 0.25) is 15.8 Å². The van der Waals surface area contributed by atoms with Crippen LogP contribution in [0.4, 0.5) is 87.8 Å². The topological polar surface area (TPSA) is 47.9 Å². The number of rotatable bonds is 9. The number of phenols is 1. The summed E-state index contributed by atoms with van der Waals surface area (Å²) in [5.74, 6) is -62.4. The smallest absolute Gasteiger partial charge is 0.573 e. The molecule has 0 unspecified atom stereocenters. The van der Waals surface area contributed by atoms with Crippen molar-refractivity contribution >= 4 is 29.3 Å².